The highest BCUT2D eigenvalue weighted by atomic mass is 16.5. The number of nitrogen functional groups attached to an aromatic ring is 1. The molecule has 2 heterocycles. The Hall–Kier alpha value is -3.95. The first-order valence-corrected chi connectivity index (χ1v) is 13.6. The Labute approximate surface area is 230 Å². The number of hydrogen-bond acceptors (Lipinski definition) is 6. The Morgan fingerprint density at radius 1 is 0.949 bits per heavy atom. The van der Waals surface area contributed by atoms with E-state index in [-0.39, 0.29) is 17.6 Å². The summed E-state index contributed by atoms with van der Waals surface area (Å²) >= 11 is 0. The number of urea groups is 1. The maximum atomic E-state index is 13.1. The monoisotopic (exact) mass is 530 g/mol. The van der Waals surface area contributed by atoms with Gasteiger partial charge in [0.1, 0.15) is 5.69 Å². The molecule has 9 heteroatoms. The van der Waals surface area contributed by atoms with Crippen molar-refractivity contribution in [3.8, 4) is 0 Å². The topological polar surface area (TPSA) is 113 Å². The average molecular weight is 531 g/mol. The molecule has 1 aliphatic heterocycles. The van der Waals surface area contributed by atoms with Gasteiger partial charge >= 0.3 is 6.03 Å². The first-order valence-electron chi connectivity index (χ1n) is 13.6. The molecule has 39 heavy (non-hydrogen) atoms. The summed E-state index contributed by atoms with van der Waals surface area (Å²) in [6.45, 7) is 6.12. The Morgan fingerprint density at radius 2 is 1.72 bits per heavy atom. The number of carbonyl (C=O) groups excluding carboxylic acids is 2. The smallest absolute Gasteiger partial charge is 0.317 e. The van der Waals surface area contributed by atoms with Crippen LogP contribution in [0.3, 0.4) is 0 Å². The van der Waals surface area contributed by atoms with E-state index in [0.717, 1.165) is 57.7 Å². The molecule has 2 aromatic carbocycles. The summed E-state index contributed by atoms with van der Waals surface area (Å²) in [5.74, 6) is -0.335. The lowest BCUT2D eigenvalue weighted by Gasteiger charge is -2.27. The first kappa shape index (κ1) is 28.1. The van der Waals surface area contributed by atoms with Gasteiger partial charge in [-0.25, -0.2) is 4.79 Å². The molecule has 4 rings (SSSR count). The van der Waals surface area contributed by atoms with Crippen molar-refractivity contribution in [3.05, 3.63) is 89.7 Å². The number of morpholine rings is 1. The molecule has 3 amide bonds. The highest BCUT2D eigenvalue weighted by molar-refractivity contribution is 6.04. The van der Waals surface area contributed by atoms with Crippen molar-refractivity contribution in [2.45, 2.75) is 25.8 Å². The Bertz CT molecular complexity index is 1180. The number of hydrogen-bond donors (Lipinski definition) is 3. The minimum absolute atomic E-state index is 0.0984. The van der Waals surface area contributed by atoms with Gasteiger partial charge in [0.25, 0.3) is 5.91 Å². The number of nitrogens with one attached hydrogen (secondary N) is 2. The predicted octanol–water partition coefficient (Wildman–Crippen LogP) is 3.78. The van der Waals surface area contributed by atoms with E-state index in [0.29, 0.717) is 31.0 Å². The Kier molecular flexibility index (Phi) is 10.7. The number of ether oxygens (including phenoxy) is 1. The average Bonchev–Trinajstić information content (AvgIpc) is 2.97. The number of carbonyl (C=O) groups is 2. The number of aromatic nitrogens is 1. The minimum atomic E-state index is -0.335. The standard InChI is InChI=1S/C30H38N6O3/c31-26-10-4-5-11-27(26)34-29(37)28-13-12-25(22-33-28)23-36(17-7-6-16-35-18-20-39-21-19-35)30(38)32-15-14-24-8-2-1-3-9-24/h1-5,8-13,22H,6-7,14-21,23,31H2,(H,32,38)(H,34,37). The van der Waals surface area contributed by atoms with Crippen molar-refractivity contribution >= 4 is 23.3 Å². The molecule has 1 saturated heterocycles. The summed E-state index contributed by atoms with van der Waals surface area (Å²) in [6, 6.07) is 20.6. The third-order valence-electron chi connectivity index (χ3n) is 6.72. The van der Waals surface area contributed by atoms with Crippen molar-refractivity contribution in [2.75, 3.05) is 57.0 Å². The van der Waals surface area contributed by atoms with Crippen molar-refractivity contribution in [1.29, 1.82) is 0 Å². The molecule has 4 N–H and O–H groups in total. The van der Waals surface area contributed by atoms with Crippen LogP contribution in [0.4, 0.5) is 16.2 Å². The van der Waals surface area contributed by atoms with Gasteiger partial charge in [0.2, 0.25) is 0 Å². The SMILES string of the molecule is Nc1ccccc1NC(=O)c1ccc(CN(CCCCN2CCOCC2)C(=O)NCCc2ccccc2)cn1. The van der Waals surface area contributed by atoms with Crippen LogP contribution in [0.2, 0.25) is 0 Å². The number of para-hydroxylation sites is 2. The summed E-state index contributed by atoms with van der Waals surface area (Å²) in [5.41, 5.74) is 9.29. The summed E-state index contributed by atoms with van der Waals surface area (Å²) in [5, 5.41) is 5.86. The number of nitrogens with zero attached hydrogens (tertiary/aromatic N) is 3. The lowest BCUT2D eigenvalue weighted by atomic mass is 10.1. The van der Waals surface area contributed by atoms with Crippen LogP contribution < -0.4 is 16.4 Å². The number of unbranched alkanes of at least 4 members (excludes halogenated alkanes) is 1. The highest BCUT2D eigenvalue weighted by Gasteiger charge is 2.16. The summed E-state index contributed by atoms with van der Waals surface area (Å²) in [4.78, 5) is 34.3. The number of anilines is 2. The molecule has 1 aromatic heterocycles. The zero-order valence-electron chi connectivity index (χ0n) is 22.4. The quantitative estimate of drug-likeness (QED) is 0.243. The van der Waals surface area contributed by atoms with Crippen molar-refractivity contribution < 1.29 is 14.3 Å². The fourth-order valence-corrected chi connectivity index (χ4v) is 4.46. The van der Waals surface area contributed by atoms with Gasteiger partial charge in [0.15, 0.2) is 0 Å². The van der Waals surface area contributed by atoms with Crippen LogP contribution in [0.15, 0.2) is 72.9 Å². The molecule has 0 spiro atoms. The van der Waals surface area contributed by atoms with E-state index in [1.807, 2.05) is 41.3 Å². The van der Waals surface area contributed by atoms with Crippen LogP contribution in [0.5, 0.6) is 0 Å². The summed E-state index contributed by atoms with van der Waals surface area (Å²) in [7, 11) is 0. The lowest BCUT2D eigenvalue weighted by molar-refractivity contribution is 0.0369. The van der Waals surface area contributed by atoms with Gasteiger partial charge < -0.3 is 26.0 Å². The molecule has 3 aromatic rings. The molecule has 1 fully saturated rings. The second-order valence-electron chi connectivity index (χ2n) is 9.64. The maximum absolute atomic E-state index is 13.1. The lowest BCUT2D eigenvalue weighted by Crippen LogP contribution is -2.41. The third-order valence-corrected chi connectivity index (χ3v) is 6.72. The van der Waals surface area contributed by atoms with Gasteiger partial charge in [-0.2, -0.15) is 0 Å². The zero-order valence-corrected chi connectivity index (χ0v) is 22.4. The highest BCUT2D eigenvalue weighted by Crippen LogP contribution is 2.17. The van der Waals surface area contributed by atoms with Gasteiger partial charge in [0.05, 0.1) is 24.6 Å². The predicted molar refractivity (Wildman–Crippen MR) is 153 cm³/mol. The molecule has 206 valence electrons. The second-order valence-corrected chi connectivity index (χ2v) is 9.64. The van der Waals surface area contributed by atoms with Gasteiger partial charge in [-0.05, 0) is 55.1 Å². The largest absolute Gasteiger partial charge is 0.397 e. The van der Waals surface area contributed by atoms with E-state index in [9.17, 15) is 9.59 Å². The maximum Gasteiger partial charge on any atom is 0.317 e. The van der Waals surface area contributed by atoms with Gasteiger partial charge in [0, 0.05) is 38.9 Å². The van der Waals surface area contributed by atoms with Gasteiger partial charge in [-0.3, -0.25) is 14.7 Å². The number of pyridine rings is 1. The molecule has 0 radical (unpaired) electrons. The normalized spacial score (nSPS) is 13.5. The minimum Gasteiger partial charge on any atom is -0.397 e. The number of amides is 3. The molecule has 0 bridgehead atoms. The van der Waals surface area contributed by atoms with E-state index >= 15 is 0 Å². The van der Waals surface area contributed by atoms with Gasteiger partial charge in [-0.15, -0.1) is 0 Å². The number of nitrogens with two attached hydrogens (primary N) is 1. The fourth-order valence-electron chi connectivity index (χ4n) is 4.46. The van der Waals surface area contributed by atoms with Crippen LogP contribution in [0.25, 0.3) is 0 Å². The van der Waals surface area contributed by atoms with E-state index in [2.05, 4.69) is 32.7 Å². The molecular weight excluding hydrogens is 492 g/mol. The second kappa shape index (κ2) is 14.8. The van der Waals surface area contributed by atoms with Crippen molar-refractivity contribution in [1.82, 2.24) is 20.1 Å². The van der Waals surface area contributed by atoms with E-state index in [1.165, 1.54) is 5.56 Å². The molecule has 9 nitrogen and oxygen atoms in total. The molecule has 0 unspecified atom stereocenters. The summed E-state index contributed by atoms with van der Waals surface area (Å²) < 4.78 is 5.43. The Morgan fingerprint density at radius 3 is 2.46 bits per heavy atom. The van der Waals surface area contributed by atoms with Crippen LogP contribution in [-0.2, 0) is 17.7 Å². The van der Waals surface area contributed by atoms with Gasteiger partial charge in [-0.1, -0.05) is 48.5 Å². The Balaban J connectivity index is 1.32. The van der Waals surface area contributed by atoms with E-state index in [1.54, 1.807) is 24.4 Å². The van der Waals surface area contributed by atoms with E-state index in [4.69, 9.17) is 10.5 Å². The molecule has 0 aliphatic carbocycles. The number of rotatable bonds is 12. The molecule has 0 atom stereocenters. The molecule has 1 aliphatic rings. The van der Waals surface area contributed by atoms with Crippen LogP contribution in [0.1, 0.15) is 34.5 Å². The van der Waals surface area contributed by atoms with E-state index < -0.39 is 0 Å². The van der Waals surface area contributed by atoms with Crippen molar-refractivity contribution in [3.63, 3.8) is 0 Å². The molecule has 0 saturated carbocycles. The fraction of sp³-hybridized carbons (Fsp3) is 0.367. The van der Waals surface area contributed by atoms with Crippen molar-refractivity contribution in [2.24, 2.45) is 0 Å². The number of benzene rings is 2. The van der Waals surface area contributed by atoms with Crippen LogP contribution >= 0.6 is 0 Å². The van der Waals surface area contributed by atoms with Crippen LogP contribution in [-0.4, -0.2) is 72.7 Å². The molecular formula is C30H38N6O3. The van der Waals surface area contributed by atoms with Crippen LogP contribution in [0, 0.1) is 0 Å². The summed E-state index contributed by atoms with van der Waals surface area (Å²) in [6.07, 6.45) is 4.33. The third kappa shape index (κ3) is 9.08. The zero-order chi connectivity index (χ0) is 27.3. The first-order chi connectivity index (χ1) is 19.1.